The molecule has 1 amide bonds. The van der Waals surface area contributed by atoms with Gasteiger partial charge in [-0.3, -0.25) is 4.79 Å². The van der Waals surface area contributed by atoms with Crippen molar-refractivity contribution in [2.75, 3.05) is 6.67 Å². The molecule has 0 saturated carbocycles. The smallest absolute Gasteiger partial charge is 0.347 e. The van der Waals surface area contributed by atoms with E-state index in [9.17, 15) is 24.0 Å². The average molecular weight is 404 g/mol. The molecular weight excluding hydrogens is 379 g/mol. The number of nitrogens with one attached hydrogen (secondary N) is 1. The number of carbonyl (C=O) groups excluding carboxylic acids is 3. The SMILES string of the molecule is C/C=C(\OC(=O)CF)C(=O)NC(C#N)(Cc1ccc(C)cc1)C(=O)OC(C)(C)C. The Bertz CT molecular complexity index is 834. The maximum absolute atomic E-state index is 12.9. The minimum atomic E-state index is -2.09. The summed E-state index contributed by atoms with van der Waals surface area (Å²) in [6, 6.07) is 8.87. The van der Waals surface area contributed by atoms with Crippen LogP contribution >= 0.6 is 0 Å². The summed E-state index contributed by atoms with van der Waals surface area (Å²) < 4.78 is 22.4. The number of ether oxygens (including phenoxy) is 2. The molecule has 1 aromatic carbocycles. The van der Waals surface area contributed by atoms with E-state index in [1.54, 1.807) is 45.0 Å². The summed E-state index contributed by atoms with van der Waals surface area (Å²) >= 11 is 0. The molecule has 0 radical (unpaired) electrons. The summed E-state index contributed by atoms with van der Waals surface area (Å²) in [5, 5.41) is 12.1. The van der Waals surface area contributed by atoms with Crippen LogP contribution in [0.3, 0.4) is 0 Å². The topological polar surface area (TPSA) is 105 Å². The average Bonchev–Trinajstić information content (AvgIpc) is 2.65. The van der Waals surface area contributed by atoms with Gasteiger partial charge in [-0.15, -0.1) is 0 Å². The Kier molecular flexibility index (Phi) is 8.07. The van der Waals surface area contributed by atoms with E-state index in [0.717, 1.165) is 11.6 Å². The third-order valence-electron chi connectivity index (χ3n) is 3.67. The van der Waals surface area contributed by atoms with Gasteiger partial charge in [0, 0.05) is 6.42 Å². The molecule has 0 heterocycles. The minimum absolute atomic E-state index is 0.182. The quantitative estimate of drug-likeness (QED) is 0.426. The molecule has 0 fully saturated rings. The van der Waals surface area contributed by atoms with Crippen molar-refractivity contribution in [1.82, 2.24) is 5.32 Å². The van der Waals surface area contributed by atoms with Crippen molar-refractivity contribution >= 4 is 17.8 Å². The lowest BCUT2D eigenvalue weighted by Crippen LogP contribution is -2.57. The van der Waals surface area contributed by atoms with Gasteiger partial charge in [0.1, 0.15) is 11.7 Å². The van der Waals surface area contributed by atoms with Crippen LogP contribution in [0.15, 0.2) is 36.1 Å². The van der Waals surface area contributed by atoms with Gasteiger partial charge in [-0.1, -0.05) is 29.8 Å². The zero-order valence-corrected chi connectivity index (χ0v) is 17.2. The first-order chi connectivity index (χ1) is 13.5. The highest BCUT2D eigenvalue weighted by Gasteiger charge is 2.44. The molecule has 1 N–H and O–H groups in total. The van der Waals surface area contributed by atoms with Gasteiger partial charge in [0.25, 0.3) is 5.91 Å². The third-order valence-corrected chi connectivity index (χ3v) is 3.67. The van der Waals surface area contributed by atoms with Gasteiger partial charge in [-0.2, -0.15) is 5.26 Å². The van der Waals surface area contributed by atoms with E-state index in [-0.39, 0.29) is 6.42 Å². The lowest BCUT2D eigenvalue weighted by molar-refractivity contribution is -0.162. The van der Waals surface area contributed by atoms with Gasteiger partial charge in [-0.25, -0.2) is 14.0 Å². The van der Waals surface area contributed by atoms with E-state index in [2.05, 4.69) is 10.1 Å². The number of allylic oxidation sites excluding steroid dienone is 1. The second-order valence-corrected chi connectivity index (χ2v) is 7.40. The number of aryl methyl sites for hydroxylation is 1. The lowest BCUT2D eigenvalue weighted by atomic mass is 9.91. The number of rotatable bonds is 7. The second-order valence-electron chi connectivity index (χ2n) is 7.40. The number of benzene rings is 1. The highest BCUT2D eigenvalue weighted by Crippen LogP contribution is 2.21. The monoisotopic (exact) mass is 404 g/mol. The van der Waals surface area contributed by atoms with Crippen molar-refractivity contribution in [3.8, 4) is 6.07 Å². The third kappa shape index (κ3) is 7.03. The van der Waals surface area contributed by atoms with Crippen LogP contribution in [0.4, 0.5) is 4.39 Å². The van der Waals surface area contributed by atoms with E-state index in [1.165, 1.54) is 6.92 Å². The molecule has 0 bridgehead atoms. The number of nitriles is 1. The van der Waals surface area contributed by atoms with Crippen LogP contribution in [0.5, 0.6) is 0 Å². The highest BCUT2D eigenvalue weighted by atomic mass is 19.1. The van der Waals surface area contributed by atoms with Crippen LogP contribution in [-0.4, -0.2) is 35.7 Å². The number of nitrogens with zero attached hydrogens (tertiary/aromatic N) is 1. The van der Waals surface area contributed by atoms with Gasteiger partial charge in [0.05, 0.1) is 0 Å². The van der Waals surface area contributed by atoms with Crippen LogP contribution in [0.1, 0.15) is 38.8 Å². The number of esters is 2. The van der Waals surface area contributed by atoms with E-state index >= 15 is 0 Å². The molecule has 1 aromatic rings. The number of amides is 1. The minimum Gasteiger partial charge on any atom is -0.457 e. The fraction of sp³-hybridized carbons (Fsp3) is 0.429. The van der Waals surface area contributed by atoms with E-state index in [4.69, 9.17) is 4.74 Å². The summed E-state index contributed by atoms with van der Waals surface area (Å²) in [4.78, 5) is 36.6. The van der Waals surface area contributed by atoms with Crippen LogP contribution < -0.4 is 5.32 Å². The Labute approximate surface area is 169 Å². The predicted molar refractivity (Wildman–Crippen MR) is 103 cm³/mol. The van der Waals surface area contributed by atoms with Crippen molar-refractivity contribution in [3.05, 3.63) is 47.2 Å². The number of carbonyl (C=O) groups is 3. The molecule has 29 heavy (non-hydrogen) atoms. The summed E-state index contributed by atoms with van der Waals surface area (Å²) in [5.74, 6) is -3.78. The Morgan fingerprint density at radius 1 is 1.21 bits per heavy atom. The Balaban J connectivity index is 3.28. The van der Waals surface area contributed by atoms with Gasteiger partial charge in [0.2, 0.25) is 5.54 Å². The lowest BCUT2D eigenvalue weighted by Gasteiger charge is -2.30. The van der Waals surface area contributed by atoms with Crippen LogP contribution in [-0.2, 0) is 30.3 Å². The van der Waals surface area contributed by atoms with Crippen molar-refractivity contribution in [1.29, 1.82) is 5.26 Å². The second kappa shape index (κ2) is 9.82. The van der Waals surface area contributed by atoms with Crippen LogP contribution in [0, 0.1) is 18.3 Å². The molecular formula is C21H25FN2O5. The zero-order chi connectivity index (χ0) is 22.2. The standard InChI is InChI=1S/C21H25FN2O5/c1-6-16(28-17(25)12-22)18(26)24-21(13-23,19(27)29-20(3,4)5)11-15-9-7-14(2)8-10-15/h6-10H,11-12H2,1-5H3,(H,24,26)/b16-6-. The first-order valence-corrected chi connectivity index (χ1v) is 8.92. The predicted octanol–water partition coefficient (Wildman–Crippen LogP) is 2.67. The molecule has 0 aliphatic carbocycles. The van der Waals surface area contributed by atoms with Gasteiger partial charge >= 0.3 is 11.9 Å². The number of hydrogen-bond acceptors (Lipinski definition) is 6. The zero-order valence-electron chi connectivity index (χ0n) is 17.2. The van der Waals surface area contributed by atoms with Crippen molar-refractivity contribution in [3.63, 3.8) is 0 Å². The Hall–Kier alpha value is -3.21. The van der Waals surface area contributed by atoms with Crippen molar-refractivity contribution in [2.24, 2.45) is 0 Å². The molecule has 1 rings (SSSR count). The summed E-state index contributed by atoms with van der Waals surface area (Å²) in [5.41, 5.74) is -1.42. The van der Waals surface area contributed by atoms with E-state index in [0.29, 0.717) is 5.56 Å². The van der Waals surface area contributed by atoms with Crippen molar-refractivity contribution < 1.29 is 28.2 Å². The van der Waals surface area contributed by atoms with Crippen LogP contribution in [0.25, 0.3) is 0 Å². The molecule has 0 aliphatic heterocycles. The van der Waals surface area contributed by atoms with E-state index < -0.39 is 41.4 Å². The Morgan fingerprint density at radius 2 is 1.79 bits per heavy atom. The maximum atomic E-state index is 12.9. The van der Waals surface area contributed by atoms with Gasteiger partial charge in [-0.05, 0) is 46.3 Å². The molecule has 1 unspecified atom stereocenters. The molecule has 156 valence electrons. The van der Waals surface area contributed by atoms with Gasteiger partial charge in [0.15, 0.2) is 12.4 Å². The number of halogens is 1. The summed E-state index contributed by atoms with van der Waals surface area (Å²) in [7, 11) is 0. The summed E-state index contributed by atoms with van der Waals surface area (Å²) in [6.07, 6.45) is 0.949. The summed E-state index contributed by atoms with van der Waals surface area (Å²) in [6.45, 7) is 6.73. The molecule has 7 nitrogen and oxygen atoms in total. The number of alkyl halides is 1. The normalized spacial score (nSPS) is 13.6. The molecule has 0 aromatic heterocycles. The van der Waals surface area contributed by atoms with E-state index in [1.807, 2.05) is 13.0 Å². The highest BCUT2D eigenvalue weighted by molar-refractivity contribution is 5.99. The van der Waals surface area contributed by atoms with Crippen molar-refractivity contribution in [2.45, 2.75) is 52.2 Å². The molecule has 0 spiro atoms. The molecule has 0 aliphatic rings. The molecule has 1 atom stereocenters. The number of hydrogen-bond donors (Lipinski definition) is 1. The first kappa shape index (κ1) is 23.8. The fourth-order valence-corrected chi connectivity index (χ4v) is 2.30. The first-order valence-electron chi connectivity index (χ1n) is 8.92. The van der Waals surface area contributed by atoms with Gasteiger partial charge < -0.3 is 14.8 Å². The van der Waals surface area contributed by atoms with Crippen LogP contribution in [0.2, 0.25) is 0 Å². The fourth-order valence-electron chi connectivity index (χ4n) is 2.30. The maximum Gasteiger partial charge on any atom is 0.347 e. The molecule has 8 heteroatoms. The Morgan fingerprint density at radius 3 is 2.24 bits per heavy atom. The molecule has 0 saturated heterocycles. The largest absolute Gasteiger partial charge is 0.457 e.